The molecule has 0 bridgehead atoms. The number of aliphatic hydroxyl groups is 1. The summed E-state index contributed by atoms with van der Waals surface area (Å²) in [6, 6.07) is 3.24. The van der Waals surface area contributed by atoms with E-state index in [0.29, 0.717) is 15.8 Å². The van der Waals surface area contributed by atoms with Gasteiger partial charge in [-0.3, -0.25) is 0 Å². The van der Waals surface area contributed by atoms with Gasteiger partial charge < -0.3 is 14.9 Å². The first-order chi connectivity index (χ1) is 6.06. The van der Waals surface area contributed by atoms with E-state index in [-0.39, 0.29) is 5.75 Å². The average Bonchev–Trinajstić information content (AvgIpc) is 2.09. The molecule has 0 aliphatic carbocycles. The summed E-state index contributed by atoms with van der Waals surface area (Å²) in [5.74, 6) is 0.649. The minimum Gasteiger partial charge on any atom is -0.506 e. The molecule has 0 aliphatic heterocycles. The van der Waals surface area contributed by atoms with Crippen LogP contribution in [0.15, 0.2) is 16.6 Å². The van der Waals surface area contributed by atoms with Crippen LogP contribution in [0.25, 0.3) is 0 Å². The van der Waals surface area contributed by atoms with E-state index in [4.69, 9.17) is 4.74 Å². The molecule has 13 heavy (non-hydrogen) atoms. The summed E-state index contributed by atoms with van der Waals surface area (Å²) in [7, 11) is 1.53. The highest BCUT2D eigenvalue weighted by atomic mass is 79.9. The highest BCUT2D eigenvalue weighted by molar-refractivity contribution is 9.10. The van der Waals surface area contributed by atoms with E-state index >= 15 is 0 Å². The summed E-state index contributed by atoms with van der Waals surface area (Å²) < 4.78 is 5.51. The van der Waals surface area contributed by atoms with Crippen molar-refractivity contribution in [2.75, 3.05) is 7.11 Å². The van der Waals surface area contributed by atoms with Crippen LogP contribution in [0.3, 0.4) is 0 Å². The number of phenolic OH excluding ortho intramolecular Hbond substituents is 1. The van der Waals surface area contributed by atoms with Gasteiger partial charge in [0.15, 0.2) is 0 Å². The van der Waals surface area contributed by atoms with E-state index in [0.717, 1.165) is 0 Å². The first kappa shape index (κ1) is 10.3. The topological polar surface area (TPSA) is 49.7 Å². The summed E-state index contributed by atoms with van der Waals surface area (Å²) in [4.78, 5) is 0. The van der Waals surface area contributed by atoms with Gasteiger partial charge in [-0.1, -0.05) is 0 Å². The fourth-order valence-electron chi connectivity index (χ4n) is 1.03. The number of benzene rings is 1. The third kappa shape index (κ3) is 2.14. The molecule has 0 amide bonds. The lowest BCUT2D eigenvalue weighted by Gasteiger charge is -2.11. The lowest BCUT2D eigenvalue weighted by Crippen LogP contribution is -1.94. The molecule has 1 atom stereocenters. The second-order valence-electron chi connectivity index (χ2n) is 2.72. The number of ether oxygens (including phenoxy) is 1. The van der Waals surface area contributed by atoms with Gasteiger partial charge in [-0.2, -0.15) is 0 Å². The number of halogens is 1. The van der Waals surface area contributed by atoms with E-state index in [1.807, 2.05) is 0 Å². The van der Waals surface area contributed by atoms with E-state index in [2.05, 4.69) is 15.9 Å². The molecule has 0 radical (unpaired) electrons. The molecule has 0 saturated heterocycles. The maximum atomic E-state index is 9.53. The summed E-state index contributed by atoms with van der Waals surface area (Å²) >= 11 is 3.16. The molecular formula is C9H11BrO3. The summed E-state index contributed by atoms with van der Waals surface area (Å²) in [6.07, 6.45) is -0.716. The number of rotatable bonds is 2. The highest BCUT2D eigenvalue weighted by Crippen LogP contribution is 2.35. The van der Waals surface area contributed by atoms with Gasteiger partial charge in [0.05, 0.1) is 17.7 Å². The predicted octanol–water partition coefficient (Wildman–Crippen LogP) is 2.22. The third-order valence-corrected chi connectivity index (χ3v) is 2.36. The maximum Gasteiger partial charge on any atom is 0.135 e. The Morgan fingerprint density at radius 3 is 2.54 bits per heavy atom. The fraction of sp³-hybridized carbons (Fsp3) is 0.333. The van der Waals surface area contributed by atoms with Gasteiger partial charge in [-0.15, -0.1) is 0 Å². The van der Waals surface area contributed by atoms with Crippen LogP contribution in [0.1, 0.15) is 18.6 Å². The van der Waals surface area contributed by atoms with Crippen LogP contribution in [0.2, 0.25) is 0 Å². The molecule has 3 nitrogen and oxygen atoms in total. The van der Waals surface area contributed by atoms with Crippen LogP contribution in [0.5, 0.6) is 11.5 Å². The van der Waals surface area contributed by atoms with Crippen molar-refractivity contribution in [3.8, 4) is 11.5 Å². The molecule has 1 aromatic carbocycles. The van der Waals surface area contributed by atoms with Crippen molar-refractivity contribution in [2.24, 2.45) is 0 Å². The molecule has 72 valence electrons. The molecule has 0 heterocycles. The molecule has 0 aliphatic rings. The number of hydrogen-bond donors (Lipinski definition) is 2. The van der Waals surface area contributed by atoms with Gasteiger partial charge in [-0.25, -0.2) is 0 Å². The van der Waals surface area contributed by atoms with E-state index < -0.39 is 6.10 Å². The van der Waals surface area contributed by atoms with Crippen LogP contribution < -0.4 is 4.74 Å². The average molecular weight is 247 g/mol. The zero-order valence-electron chi connectivity index (χ0n) is 7.41. The number of aliphatic hydroxyl groups excluding tert-OH is 1. The van der Waals surface area contributed by atoms with Crippen LogP contribution in [0.4, 0.5) is 0 Å². The first-order valence-electron chi connectivity index (χ1n) is 3.80. The second-order valence-corrected chi connectivity index (χ2v) is 3.58. The SMILES string of the molecule is COc1cc(Br)c(O)c(C(C)O)c1. The first-order valence-corrected chi connectivity index (χ1v) is 4.60. The molecule has 1 rings (SSSR count). The van der Waals surface area contributed by atoms with Gasteiger partial charge in [0.1, 0.15) is 11.5 Å². The lowest BCUT2D eigenvalue weighted by molar-refractivity contribution is 0.194. The zero-order valence-corrected chi connectivity index (χ0v) is 9.00. The molecule has 4 heteroatoms. The van der Waals surface area contributed by atoms with Gasteiger partial charge >= 0.3 is 0 Å². The Kier molecular flexibility index (Phi) is 3.17. The van der Waals surface area contributed by atoms with Gasteiger partial charge in [-0.05, 0) is 35.0 Å². The van der Waals surface area contributed by atoms with Crippen molar-refractivity contribution in [3.05, 3.63) is 22.2 Å². The number of methoxy groups -OCH3 is 1. The smallest absolute Gasteiger partial charge is 0.135 e. The van der Waals surface area contributed by atoms with Crippen molar-refractivity contribution in [1.82, 2.24) is 0 Å². The Balaban J connectivity index is 3.25. The molecule has 0 spiro atoms. The number of hydrogen-bond acceptors (Lipinski definition) is 3. The van der Waals surface area contributed by atoms with Crippen LogP contribution >= 0.6 is 15.9 Å². The van der Waals surface area contributed by atoms with Crippen molar-refractivity contribution < 1.29 is 14.9 Å². The van der Waals surface area contributed by atoms with Gasteiger partial charge in [0.2, 0.25) is 0 Å². The second kappa shape index (κ2) is 3.98. The largest absolute Gasteiger partial charge is 0.506 e. The maximum absolute atomic E-state index is 9.53. The van der Waals surface area contributed by atoms with Crippen LogP contribution in [-0.4, -0.2) is 17.3 Å². The van der Waals surface area contributed by atoms with Gasteiger partial charge in [0, 0.05) is 5.56 Å². The normalized spacial score (nSPS) is 12.6. The van der Waals surface area contributed by atoms with Crippen LogP contribution in [0, 0.1) is 0 Å². The van der Waals surface area contributed by atoms with Crippen molar-refractivity contribution in [3.63, 3.8) is 0 Å². The molecular weight excluding hydrogens is 236 g/mol. The quantitative estimate of drug-likeness (QED) is 0.842. The molecule has 0 fully saturated rings. The van der Waals surface area contributed by atoms with Crippen LogP contribution in [-0.2, 0) is 0 Å². The predicted molar refractivity (Wildman–Crippen MR) is 53.0 cm³/mol. The molecule has 0 aromatic heterocycles. The lowest BCUT2D eigenvalue weighted by atomic mass is 10.1. The Bertz CT molecular complexity index is 310. The Labute approximate surface area is 85.1 Å². The van der Waals surface area contributed by atoms with Crippen molar-refractivity contribution >= 4 is 15.9 Å². The van der Waals surface area contributed by atoms with E-state index in [1.165, 1.54) is 7.11 Å². The Morgan fingerprint density at radius 1 is 1.46 bits per heavy atom. The van der Waals surface area contributed by atoms with E-state index in [1.54, 1.807) is 19.1 Å². The molecule has 2 N–H and O–H groups in total. The highest BCUT2D eigenvalue weighted by Gasteiger charge is 2.12. The molecule has 1 unspecified atom stereocenters. The summed E-state index contributed by atoms with van der Waals surface area (Å²) in [5.41, 5.74) is 0.450. The van der Waals surface area contributed by atoms with Crippen molar-refractivity contribution in [2.45, 2.75) is 13.0 Å². The standard InChI is InChI=1S/C9H11BrO3/c1-5(11)7-3-6(13-2)4-8(10)9(7)12/h3-5,11-12H,1-2H3. The van der Waals surface area contributed by atoms with Crippen molar-refractivity contribution in [1.29, 1.82) is 0 Å². The van der Waals surface area contributed by atoms with Gasteiger partial charge in [0.25, 0.3) is 0 Å². The Morgan fingerprint density at radius 2 is 2.08 bits per heavy atom. The Hall–Kier alpha value is -0.740. The minimum absolute atomic E-state index is 0.0517. The summed E-state index contributed by atoms with van der Waals surface area (Å²) in [5, 5.41) is 18.8. The molecule has 1 aromatic rings. The minimum atomic E-state index is -0.716. The molecule has 0 saturated carbocycles. The summed E-state index contributed by atoms with van der Waals surface area (Å²) in [6.45, 7) is 1.58. The van der Waals surface area contributed by atoms with E-state index in [9.17, 15) is 10.2 Å². The fourth-order valence-corrected chi connectivity index (χ4v) is 1.49. The third-order valence-electron chi connectivity index (χ3n) is 1.75. The number of phenols is 1. The monoisotopic (exact) mass is 246 g/mol. The number of aromatic hydroxyl groups is 1. The zero-order chi connectivity index (χ0) is 10.0.